The monoisotopic (exact) mass is 231 g/mol. The van der Waals surface area contributed by atoms with Crippen LogP contribution in [0.5, 0.6) is 0 Å². The first kappa shape index (κ1) is 12.0. The van der Waals surface area contributed by atoms with Crippen molar-refractivity contribution in [2.24, 2.45) is 0 Å². The first-order chi connectivity index (χ1) is 7.49. The van der Waals surface area contributed by atoms with Crippen LogP contribution in [-0.2, 0) is 11.3 Å². The standard InChI is InChI=1S/C8H7F2N3O3/c9-7(10)2-1-6(14)3-12-4-8(11-5-12)13(15)16/h2,4-5H,1,3H2. The normalized spacial score (nSPS) is 9.88. The van der Waals surface area contributed by atoms with Crippen LogP contribution >= 0.6 is 0 Å². The molecule has 1 aromatic heterocycles. The molecule has 0 radical (unpaired) electrons. The molecule has 0 bridgehead atoms. The Bertz CT molecular complexity index is 437. The van der Waals surface area contributed by atoms with Crippen molar-refractivity contribution in [3.8, 4) is 0 Å². The first-order valence-corrected chi connectivity index (χ1v) is 4.18. The van der Waals surface area contributed by atoms with Crippen molar-refractivity contribution in [1.29, 1.82) is 0 Å². The van der Waals surface area contributed by atoms with Crippen LogP contribution < -0.4 is 0 Å². The molecule has 0 saturated heterocycles. The quantitative estimate of drug-likeness (QED) is 0.568. The maximum atomic E-state index is 11.6. The van der Waals surface area contributed by atoms with Crippen molar-refractivity contribution in [2.45, 2.75) is 13.0 Å². The fourth-order valence-corrected chi connectivity index (χ4v) is 0.988. The molecule has 86 valence electrons. The van der Waals surface area contributed by atoms with Gasteiger partial charge in [0, 0.05) is 6.42 Å². The molecule has 0 aliphatic rings. The van der Waals surface area contributed by atoms with Gasteiger partial charge in [-0.3, -0.25) is 4.79 Å². The number of carbonyl (C=O) groups is 1. The van der Waals surface area contributed by atoms with Crippen molar-refractivity contribution < 1.29 is 18.5 Å². The number of Topliss-reactive ketones (excluding diaryl/α,β-unsaturated/α-hetero) is 1. The van der Waals surface area contributed by atoms with Crippen LogP contribution in [0.2, 0.25) is 0 Å². The Morgan fingerprint density at radius 3 is 2.81 bits per heavy atom. The Morgan fingerprint density at radius 1 is 1.62 bits per heavy atom. The number of nitro groups is 1. The molecule has 8 heteroatoms. The number of nitrogens with zero attached hydrogens (tertiary/aromatic N) is 3. The van der Waals surface area contributed by atoms with E-state index in [1.807, 2.05) is 0 Å². The van der Waals surface area contributed by atoms with E-state index in [-0.39, 0.29) is 12.4 Å². The van der Waals surface area contributed by atoms with Crippen LogP contribution in [0.25, 0.3) is 0 Å². The molecule has 0 fully saturated rings. The lowest BCUT2D eigenvalue weighted by Crippen LogP contribution is -2.07. The van der Waals surface area contributed by atoms with Crippen molar-refractivity contribution in [3.05, 3.63) is 34.8 Å². The van der Waals surface area contributed by atoms with Crippen LogP contribution in [0.1, 0.15) is 6.42 Å². The zero-order valence-electron chi connectivity index (χ0n) is 7.97. The molecular weight excluding hydrogens is 224 g/mol. The second kappa shape index (κ2) is 5.10. The predicted octanol–water partition coefficient (Wildman–Crippen LogP) is 1.53. The topological polar surface area (TPSA) is 78.0 Å². The Balaban J connectivity index is 2.56. The molecule has 0 unspecified atom stereocenters. The van der Waals surface area contributed by atoms with E-state index in [4.69, 9.17) is 0 Å². The number of carbonyl (C=O) groups excluding carboxylic acids is 1. The molecule has 1 heterocycles. The van der Waals surface area contributed by atoms with E-state index in [0.717, 1.165) is 12.5 Å². The fourth-order valence-electron chi connectivity index (χ4n) is 0.988. The van der Waals surface area contributed by atoms with Crippen molar-refractivity contribution >= 4 is 11.6 Å². The summed E-state index contributed by atoms with van der Waals surface area (Å²) in [6, 6.07) is 0. The Kier molecular flexibility index (Phi) is 3.81. The average molecular weight is 231 g/mol. The molecule has 16 heavy (non-hydrogen) atoms. The van der Waals surface area contributed by atoms with Gasteiger partial charge in [0.15, 0.2) is 5.78 Å². The van der Waals surface area contributed by atoms with Gasteiger partial charge in [-0.05, 0) is 16.0 Å². The van der Waals surface area contributed by atoms with Crippen molar-refractivity contribution in [3.63, 3.8) is 0 Å². The number of ketones is 1. The Labute approximate surface area is 88.4 Å². The van der Waals surface area contributed by atoms with Gasteiger partial charge in [-0.1, -0.05) is 0 Å². The number of hydrogen-bond donors (Lipinski definition) is 0. The maximum Gasteiger partial charge on any atom is 0.381 e. The molecule has 0 amide bonds. The summed E-state index contributed by atoms with van der Waals surface area (Å²) in [5, 5.41) is 10.3. The fraction of sp³-hybridized carbons (Fsp3) is 0.250. The summed E-state index contributed by atoms with van der Waals surface area (Å²) in [5.74, 6) is -0.875. The van der Waals surface area contributed by atoms with Gasteiger partial charge in [0.2, 0.25) is 6.33 Å². The highest BCUT2D eigenvalue weighted by Crippen LogP contribution is 2.06. The lowest BCUT2D eigenvalue weighted by atomic mass is 10.3. The van der Waals surface area contributed by atoms with Crippen molar-refractivity contribution in [2.75, 3.05) is 0 Å². The van der Waals surface area contributed by atoms with Crippen LogP contribution in [-0.4, -0.2) is 20.3 Å². The number of hydrogen-bond acceptors (Lipinski definition) is 4. The van der Waals surface area contributed by atoms with Gasteiger partial charge in [-0.15, -0.1) is 0 Å². The maximum absolute atomic E-state index is 11.6. The average Bonchev–Trinajstić information content (AvgIpc) is 2.63. The minimum atomic E-state index is -1.93. The largest absolute Gasteiger partial charge is 0.381 e. The van der Waals surface area contributed by atoms with E-state index in [9.17, 15) is 23.7 Å². The number of halogens is 2. The predicted molar refractivity (Wildman–Crippen MR) is 48.8 cm³/mol. The summed E-state index contributed by atoms with van der Waals surface area (Å²) in [6.07, 6.45) is 0.325. The van der Waals surface area contributed by atoms with Gasteiger partial charge in [0.05, 0.1) is 6.54 Å². The summed E-state index contributed by atoms with van der Waals surface area (Å²) in [4.78, 5) is 24.1. The molecule has 0 aliphatic heterocycles. The van der Waals surface area contributed by atoms with Gasteiger partial charge in [0.1, 0.15) is 6.20 Å². The molecule has 0 spiro atoms. The molecule has 6 nitrogen and oxygen atoms in total. The minimum absolute atomic E-state index is 0.218. The molecule has 0 N–H and O–H groups in total. The van der Waals surface area contributed by atoms with E-state index in [2.05, 4.69) is 4.98 Å². The van der Waals surface area contributed by atoms with Crippen LogP contribution in [0.4, 0.5) is 14.6 Å². The highest BCUT2D eigenvalue weighted by atomic mass is 19.3. The van der Waals surface area contributed by atoms with Gasteiger partial charge >= 0.3 is 5.82 Å². The van der Waals surface area contributed by atoms with Crippen molar-refractivity contribution in [1.82, 2.24) is 9.55 Å². The van der Waals surface area contributed by atoms with E-state index in [0.29, 0.717) is 6.08 Å². The summed E-state index contributed by atoms with van der Waals surface area (Å²) >= 11 is 0. The highest BCUT2D eigenvalue weighted by Gasteiger charge is 2.11. The summed E-state index contributed by atoms with van der Waals surface area (Å²) < 4.78 is 24.5. The van der Waals surface area contributed by atoms with E-state index >= 15 is 0 Å². The number of allylic oxidation sites excluding steroid dienone is 1. The van der Waals surface area contributed by atoms with Gasteiger partial charge in [-0.2, -0.15) is 8.78 Å². The van der Waals surface area contributed by atoms with Gasteiger partial charge in [-0.25, -0.2) is 0 Å². The third kappa shape index (κ3) is 3.56. The smallest absolute Gasteiger partial charge is 0.358 e. The zero-order chi connectivity index (χ0) is 12.1. The SMILES string of the molecule is O=C(CC=C(F)F)Cn1cnc([N+](=O)[O-])c1. The molecule has 0 saturated carbocycles. The Hall–Kier alpha value is -2.12. The highest BCUT2D eigenvalue weighted by molar-refractivity contribution is 5.79. The summed E-state index contributed by atoms with van der Waals surface area (Å²) in [5.41, 5.74) is 0. The second-order valence-corrected chi connectivity index (χ2v) is 2.90. The lowest BCUT2D eigenvalue weighted by molar-refractivity contribution is -0.389. The molecular formula is C8H7F2N3O3. The minimum Gasteiger partial charge on any atom is -0.358 e. The third-order valence-electron chi connectivity index (χ3n) is 1.65. The van der Waals surface area contributed by atoms with Gasteiger partial charge < -0.3 is 14.7 Å². The molecule has 0 aliphatic carbocycles. The second-order valence-electron chi connectivity index (χ2n) is 2.90. The van der Waals surface area contributed by atoms with E-state index < -0.39 is 23.2 Å². The molecule has 1 aromatic rings. The number of aromatic nitrogens is 2. The first-order valence-electron chi connectivity index (χ1n) is 4.18. The van der Waals surface area contributed by atoms with Crippen LogP contribution in [0, 0.1) is 10.1 Å². The Morgan fingerprint density at radius 2 is 2.31 bits per heavy atom. The molecule has 0 atom stereocenters. The molecule has 0 aromatic carbocycles. The van der Waals surface area contributed by atoms with E-state index in [1.54, 1.807) is 0 Å². The number of imidazole rings is 1. The lowest BCUT2D eigenvalue weighted by Gasteiger charge is -1.96. The zero-order valence-corrected chi connectivity index (χ0v) is 7.97. The number of rotatable bonds is 5. The molecule has 1 rings (SSSR count). The van der Waals surface area contributed by atoms with Crippen LogP contribution in [0.3, 0.4) is 0 Å². The third-order valence-corrected chi connectivity index (χ3v) is 1.65. The van der Waals surface area contributed by atoms with Crippen LogP contribution in [0.15, 0.2) is 24.7 Å². The van der Waals surface area contributed by atoms with E-state index in [1.165, 1.54) is 4.57 Å². The van der Waals surface area contributed by atoms with Gasteiger partial charge in [0.25, 0.3) is 6.08 Å². The summed E-state index contributed by atoms with van der Waals surface area (Å²) in [7, 11) is 0. The summed E-state index contributed by atoms with van der Waals surface area (Å²) in [6.45, 7) is -0.218.